The molecule has 0 aliphatic carbocycles. The van der Waals surface area contributed by atoms with Crippen LogP contribution in [0, 0.1) is 6.92 Å². The lowest BCUT2D eigenvalue weighted by Crippen LogP contribution is -2.25. The van der Waals surface area contributed by atoms with Gasteiger partial charge in [0.05, 0.1) is 6.21 Å². The number of benzene rings is 2. The van der Waals surface area contributed by atoms with Crippen molar-refractivity contribution >= 4 is 17.8 Å². The summed E-state index contributed by atoms with van der Waals surface area (Å²) >= 11 is 0. The van der Waals surface area contributed by atoms with Crippen LogP contribution in [-0.4, -0.2) is 36.9 Å². The summed E-state index contributed by atoms with van der Waals surface area (Å²) in [6.45, 7) is 11.9. The number of ether oxygens (including phenoxy) is 1. The third kappa shape index (κ3) is 6.24. The molecule has 2 aromatic rings. The average molecular weight is 398 g/mol. The number of aromatic hydroxyl groups is 1. The Morgan fingerprint density at radius 1 is 1.21 bits per heavy atom. The summed E-state index contributed by atoms with van der Waals surface area (Å²) in [6.07, 6.45) is 1.42. The molecule has 2 aromatic carbocycles. The van der Waals surface area contributed by atoms with E-state index in [1.807, 2.05) is 31.2 Å². The highest BCUT2D eigenvalue weighted by Gasteiger charge is 2.10. The largest absolute Gasteiger partial charge is 0.507 e. The monoisotopic (exact) mass is 397 g/mol. The molecule has 0 saturated heterocycles. The van der Waals surface area contributed by atoms with E-state index in [2.05, 4.69) is 43.1 Å². The van der Waals surface area contributed by atoms with Gasteiger partial charge in [-0.2, -0.15) is 5.10 Å². The van der Waals surface area contributed by atoms with Crippen LogP contribution in [-0.2, 0) is 4.79 Å². The first kappa shape index (κ1) is 22.3. The zero-order chi connectivity index (χ0) is 21.4. The number of nitrogens with one attached hydrogen (secondary N) is 1. The van der Waals surface area contributed by atoms with E-state index in [4.69, 9.17) is 4.74 Å². The molecule has 0 aliphatic rings. The van der Waals surface area contributed by atoms with Crippen molar-refractivity contribution in [2.24, 2.45) is 5.10 Å². The van der Waals surface area contributed by atoms with E-state index in [1.54, 1.807) is 12.1 Å². The minimum atomic E-state index is -0.364. The number of phenolic OH excluding ortho intramolecular Hbond substituents is 1. The van der Waals surface area contributed by atoms with Crippen LogP contribution >= 0.6 is 0 Å². The number of aryl methyl sites for hydroxylation is 1. The van der Waals surface area contributed by atoms with E-state index in [1.165, 1.54) is 6.21 Å². The smallest absolute Gasteiger partial charge is 0.277 e. The molecular weight excluding hydrogens is 366 g/mol. The predicted octanol–water partition coefficient (Wildman–Crippen LogP) is 4.20. The lowest BCUT2D eigenvalue weighted by molar-refractivity contribution is -0.123. The number of nitrogens with zero attached hydrogens (tertiary/aromatic N) is 2. The summed E-state index contributed by atoms with van der Waals surface area (Å²) in [5.74, 6) is 0.763. The van der Waals surface area contributed by atoms with Crippen LogP contribution in [0.3, 0.4) is 0 Å². The van der Waals surface area contributed by atoms with E-state index in [0.29, 0.717) is 17.2 Å². The maximum Gasteiger partial charge on any atom is 0.277 e. The number of carbonyl (C=O) groups excluding carboxylic acids is 1. The van der Waals surface area contributed by atoms with Crippen LogP contribution in [0.15, 0.2) is 41.5 Å². The van der Waals surface area contributed by atoms with E-state index in [-0.39, 0.29) is 18.3 Å². The molecule has 29 heavy (non-hydrogen) atoms. The molecule has 0 spiro atoms. The van der Waals surface area contributed by atoms with Crippen LogP contribution in [0.4, 0.5) is 5.69 Å². The third-order valence-electron chi connectivity index (χ3n) is 4.69. The van der Waals surface area contributed by atoms with Crippen LogP contribution in [0.1, 0.15) is 50.3 Å². The molecule has 6 heteroatoms. The van der Waals surface area contributed by atoms with Crippen LogP contribution in [0.5, 0.6) is 11.5 Å². The molecule has 0 aromatic heterocycles. The Labute approximate surface area is 173 Å². The molecule has 6 nitrogen and oxygen atoms in total. The number of anilines is 1. The van der Waals surface area contributed by atoms with Gasteiger partial charge in [0.25, 0.3) is 5.91 Å². The fraction of sp³-hybridized carbons (Fsp3) is 0.391. The van der Waals surface area contributed by atoms with Gasteiger partial charge in [0.15, 0.2) is 6.61 Å². The maximum absolute atomic E-state index is 12.1. The number of rotatable bonds is 9. The Balaban J connectivity index is 1.94. The molecule has 0 unspecified atom stereocenters. The summed E-state index contributed by atoms with van der Waals surface area (Å²) in [5.41, 5.74) is 6.05. The second-order valence-electron chi connectivity index (χ2n) is 7.19. The first-order valence-electron chi connectivity index (χ1n) is 9.98. The Morgan fingerprint density at radius 3 is 2.55 bits per heavy atom. The third-order valence-corrected chi connectivity index (χ3v) is 4.69. The highest BCUT2D eigenvalue weighted by atomic mass is 16.5. The minimum Gasteiger partial charge on any atom is -0.507 e. The fourth-order valence-electron chi connectivity index (χ4n) is 3.02. The van der Waals surface area contributed by atoms with Gasteiger partial charge in [-0.3, -0.25) is 4.79 Å². The van der Waals surface area contributed by atoms with Gasteiger partial charge in [-0.15, -0.1) is 0 Å². The summed E-state index contributed by atoms with van der Waals surface area (Å²) in [5, 5.41) is 14.1. The average Bonchev–Trinajstić information content (AvgIpc) is 2.68. The van der Waals surface area contributed by atoms with Crippen molar-refractivity contribution in [2.75, 3.05) is 24.6 Å². The van der Waals surface area contributed by atoms with Crippen LogP contribution in [0.2, 0.25) is 0 Å². The summed E-state index contributed by atoms with van der Waals surface area (Å²) < 4.78 is 5.69. The van der Waals surface area contributed by atoms with Gasteiger partial charge >= 0.3 is 0 Å². The number of phenols is 1. The van der Waals surface area contributed by atoms with Gasteiger partial charge in [0, 0.05) is 30.4 Å². The van der Waals surface area contributed by atoms with Crippen LogP contribution < -0.4 is 15.1 Å². The first-order chi connectivity index (χ1) is 13.8. The van der Waals surface area contributed by atoms with Crippen molar-refractivity contribution in [1.82, 2.24) is 5.43 Å². The second-order valence-corrected chi connectivity index (χ2v) is 7.19. The summed E-state index contributed by atoms with van der Waals surface area (Å²) in [4.78, 5) is 14.2. The van der Waals surface area contributed by atoms with E-state index in [9.17, 15) is 9.90 Å². The second kappa shape index (κ2) is 10.5. The fourth-order valence-corrected chi connectivity index (χ4v) is 3.02. The molecule has 0 heterocycles. The molecule has 156 valence electrons. The summed E-state index contributed by atoms with van der Waals surface area (Å²) in [6, 6.07) is 11.4. The predicted molar refractivity (Wildman–Crippen MR) is 118 cm³/mol. The van der Waals surface area contributed by atoms with Gasteiger partial charge in [-0.1, -0.05) is 26.0 Å². The number of hydrazone groups is 1. The zero-order valence-electron chi connectivity index (χ0n) is 17.9. The van der Waals surface area contributed by atoms with Gasteiger partial charge in [-0.25, -0.2) is 5.43 Å². The molecular formula is C23H31N3O3. The normalized spacial score (nSPS) is 11.1. The Kier molecular flexibility index (Phi) is 8.07. The molecule has 0 radical (unpaired) electrons. The molecule has 2 rings (SSSR count). The number of hydrogen-bond acceptors (Lipinski definition) is 5. The van der Waals surface area contributed by atoms with Crippen molar-refractivity contribution in [2.45, 2.75) is 40.5 Å². The number of carbonyl (C=O) groups is 1. The van der Waals surface area contributed by atoms with E-state index in [0.717, 1.165) is 29.9 Å². The van der Waals surface area contributed by atoms with Gasteiger partial charge in [0.2, 0.25) is 0 Å². The zero-order valence-corrected chi connectivity index (χ0v) is 17.9. The highest BCUT2D eigenvalue weighted by Crippen LogP contribution is 2.27. The van der Waals surface area contributed by atoms with Gasteiger partial charge in [0.1, 0.15) is 11.5 Å². The first-order valence-corrected chi connectivity index (χ1v) is 9.98. The Bertz CT molecular complexity index is 858. The number of hydrogen-bond donors (Lipinski definition) is 2. The van der Waals surface area contributed by atoms with Crippen molar-refractivity contribution < 1.29 is 14.6 Å². The maximum atomic E-state index is 12.1. The van der Waals surface area contributed by atoms with Crippen molar-refractivity contribution in [3.8, 4) is 11.5 Å². The van der Waals surface area contributed by atoms with Gasteiger partial charge in [-0.05, 0) is 56.0 Å². The lowest BCUT2D eigenvalue weighted by atomic mass is 10.0. The topological polar surface area (TPSA) is 74.2 Å². The van der Waals surface area contributed by atoms with Crippen molar-refractivity contribution in [3.05, 3.63) is 53.1 Å². The van der Waals surface area contributed by atoms with E-state index >= 15 is 0 Å². The SMILES string of the molecule is CCN(CC)c1ccc(C=NNC(=O)COc2cc(C)ccc2C(C)C)c(O)c1. The molecule has 1 amide bonds. The molecule has 2 N–H and O–H groups in total. The standard InChI is InChI=1S/C23H31N3O3/c1-6-26(7-2)19-10-9-18(21(27)13-19)14-24-25-23(28)15-29-22-12-17(5)8-11-20(22)16(3)4/h8-14,16,27H,6-7,15H2,1-5H3,(H,25,28). The molecule has 0 bridgehead atoms. The minimum absolute atomic E-state index is 0.116. The lowest BCUT2D eigenvalue weighted by Gasteiger charge is -2.21. The highest BCUT2D eigenvalue weighted by molar-refractivity contribution is 5.86. The number of amides is 1. The molecule has 0 atom stereocenters. The van der Waals surface area contributed by atoms with Crippen molar-refractivity contribution in [1.29, 1.82) is 0 Å². The quantitative estimate of drug-likeness (QED) is 0.491. The summed E-state index contributed by atoms with van der Waals surface area (Å²) in [7, 11) is 0. The van der Waals surface area contributed by atoms with Gasteiger partial charge < -0.3 is 14.7 Å². The molecule has 0 aliphatic heterocycles. The Morgan fingerprint density at radius 2 is 1.93 bits per heavy atom. The Hall–Kier alpha value is -3.02. The van der Waals surface area contributed by atoms with Crippen LogP contribution in [0.25, 0.3) is 0 Å². The van der Waals surface area contributed by atoms with Crippen molar-refractivity contribution in [3.63, 3.8) is 0 Å². The molecule has 0 fully saturated rings. The van der Waals surface area contributed by atoms with E-state index < -0.39 is 0 Å². The molecule has 0 saturated carbocycles.